The van der Waals surface area contributed by atoms with Crippen molar-refractivity contribution in [2.45, 2.75) is 81.6 Å². The molecule has 0 aliphatic carbocycles. The third kappa shape index (κ3) is 15.1. The van der Waals surface area contributed by atoms with Gasteiger partial charge in [0, 0.05) is 29.5 Å². The highest BCUT2D eigenvalue weighted by molar-refractivity contribution is 7.20. The summed E-state index contributed by atoms with van der Waals surface area (Å²) in [4.78, 5) is 13.2. The number of Topliss-reactive ketones (excluding diaryl/α,β-unsaturated/α-hetero) is 1. The van der Waals surface area contributed by atoms with Gasteiger partial charge in [-0.1, -0.05) is 140 Å². The number of pyridine rings is 1. The number of fused-ring (bicyclic) bond motifs is 3. The van der Waals surface area contributed by atoms with Crippen LogP contribution < -0.4 is 26.4 Å². The molecule has 9 aromatic carbocycles. The fraction of sp³-hybridized carbons (Fsp3) is 0.194. The Balaban J connectivity index is 0.000000241. The molecule has 0 unspecified atom stereocenters. The van der Waals surface area contributed by atoms with Crippen LogP contribution in [0.5, 0.6) is 0 Å². The fourth-order valence-electron chi connectivity index (χ4n) is 11.6. The Morgan fingerprint density at radius 1 is 0.309 bits per heavy atom. The molecule has 0 bridgehead atoms. The molecule has 0 amide bonds. The monoisotopic (exact) mass is 1340 g/mol. The minimum atomic E-state index is -6.13. The van der Waals surface area contributed by atoms with Gasteiger partial charge in [0.2, 0.25) is 17.8 Å². The lowest BCUT2D eigenvalue weighted by molar-refractivity contribution is -0.664. The molecule has 0 radical (unpaired) electrons. The molecule has 1 heterocycles. The van der Waals surface area contributed by atoms with E-state index in [0.29, 0.717) is 6.54 Å². The number of hydrogen-bond donors (Lipinski definition) is 0. The van der Waals surface area contributed by atoms with Crippen LogP contribution in [-0.2, 0) is 68.8 Å². The van der Waals surface area contributed by atoms with Crippen LogP contribution in [0.3, 0.4) is 0 Å². The molecular formula is C67H42BF24NO. The Bertz CT molecular complexity index is 3950. The number of carbonyl (C=O) groups excluding carboxylic acids is 1. The molecule has 1 aromatic heterocycles. The highest BCUT2D eigenvalue weighted by Gasteiger charge is 2.47. The van der Waals surface area contributed by atoms with Gasteiger partial charge in [0.05, 0.1) is 44.5 Å². The Morgan fingerprint density at radius 2 is 0.606 bits per heavy atom. The number of carbonyl (C=O) groups is 1. The van der Waals surface area contributed by atoms with Crippen molar-refractivity contribution in [1.82, 2.24) is 0 Å². The van der Waals surface area contributed by atoms with E-state index >= 15 is 0 Å². The zero-order chi connectivity index (χ0) is 68.9. The van der Waals surface area contributed by atoms with Crippen molar-refractivity contribution in [2.24, 2.45) is 0 Å². The van der Waals surface area contributed by atoms with Gasteiger partial charge in [-0.05, 0) is 88.8 Å². The molecule has 2 nitrogen and oxygen atoms in total. The molecule has 0 fully saturated rings. The van der Waals surface area contributed by atoms with Crippen LogP contribution in [0.15, 0.2) is 194 Å². The summed E-state index contributed by atoms with van der Waals surface area (Å²) in [5.41, 5.74) is -25.7. The van der Waals surface area contributed by atoms with Gasteiger partial charge < -0.3 is 0 Å². The summed E-state index contributed by atoms with van der Waals surface area (Å²) in [6.45, 7) is 0.356. The maximum Gasteiger partial charge on any atom is 0.416 e. The number of halogens is 24. The lowest BCUT2D eigenvalue weighted by Gasteiger charge is -2.46. The van der Waals surface area contributed by atoms with Gasteiger partial charge in [-0.15, -0.1) is 0 Å². The van der Waals surface area contributed by atoms with E-state index in [2.05, 4.69) is 95.6 Å². The fourth-order valence-corrected chi connectivity index (χ4v) is 11.6. The van der Waals surface area contributed by atoms with E-state index in [1.54, 1.807) is 0 Å². The number of hydrogen-bond acceptors (Lipinski definition) is 1. The van der Waals surface area contributed by atoms with E-state index in [4.69, 9.17) is 0 Å². The lowest BCUT2D eigenvalue weighted by atomic mass is 9.12. The van der Waals surface area contributed by atoms with Gasteiger partial charge in [0.1, 0.15) is 6.15 Å². The number of aryl methyl sites for hydroxylation is 2. The molecule has 0 aliphatic heterocycles. The van der Waals surface area contributed by atoms with E-state index in [1.807, 2.05) is 30.3 Å². The molecule has 0 N–H and O–H groups in total. The maximum atomic E-state index is 14.2. The van der Waals surface area contributed by atoms with E-state index in [9.17, 15) is 110 Å². The van der Waals surface area contributed by atoms with Crippen molar-refractivity contribution >= 4 is 66.2 Å². The van der Waals surface area contributed by atoms with Crippen molar-refractivity contribution < 1.29 is 115 Å². The van der Waals surface area contributed by atoms with Crippen molar-refractivity contribution in [1.29, 1.82) is 0 Å². The average molecular weight is 1340 g/mol. The Morgan fingerprint density at radius 3 is 0.947 bits per heavy atom. The molecular weight excluding hydrogens is 1300 g/mol. The molecule has 0 spiro atoms. The number of unbranched alkanes of at least 4 members (excludes halogenated alkanes) is 1. The normalized spacial score (nSPS) is 13.1. The second kappa shape index (κ2) is 25.4. The molecule has 27 heteroatoms. The van der Waals surface area contributed by atoms with Gasteiger partial charge >= 0.3 is 49.4 Å². The van der Waals surface area contributed by atoms with Gasteiger partial charge in [-0.2, -0.15) is 132 Å². The first-order valence-electron chi connectivity index (χ1n) is 27.8. The number of aromatic nitrogens is 1. The Hall–Kier alpha value is -9.04. The first kappa shape index (κ1) is 69.3. The van der Waals surface area contributed by atoms with Crippen LogP contribution in [0.1, 0.15) is 79.0 Å². The molecule has 94 heavy (non-hydrogen) atoms. The number of nitrogens with zero attached hydrogens (tertiary/aromatic N) is 1. The average Bonchev–Trinajstić information content (AvgIpc) is 0.706. The summed E-state index contributed by atoms with van der Waals surface area (Å²) in [6.07, 6.45) is -50.7. The van der Waals surface area contributed by atoms with Gasteiger partial charge in [0.25, 0.3) is 0 Å². The summed E-state index contributed by atoms with van der Waals surface area (Å²) >= 11 is 0. The minimum Gasteiger partial charge on any atom is -0.287 e. The van der Waals surface area contributed by atoms with E-state index in [-0.39, 0.29) is 5.78 Å². The van der Waals surface area contributed by atoms with E-state index < -0.39 is 195 Å². The zero-order valence-corrected chi connectivity index (χ0v) is 47.5. The quantitative estimate of drug-likeness (QED) is 0.0298. The van der Waals surface area contributed by atoms with Crippen LogP contribution in [-0.4, -0.2) is 11.9 Å². The summed E-state index contributed by atoms with van der Waals surface area (Å²) in [5.74, 6) is 0.144. The number of alkyl halides is 24. The molecule has 10 rings (SSSR count). The molecule has 0 saturated heterocycles. The number of ketones is 1. The number of benzene rings is 9. The largest absolute Gasteiger partial charge is 0.416 e. The topological polar surface area (TPSA) is 20.9 Å². The second-order valence-electron chi connectivity index (χ2n) is 22.0. The van der Waals surface area contributed by atoms with E-state index in [0.717, 1.165) is 42.1 Å². The highest BCUT2D eigenvalue weighted by Crippen LogP contribution is 2.42. The Labute approximate surface area is 516 Å². The molecule has 10 aromatic rings. The van der Waals surface area contributed by atoms with Crippen LogP contribution in [0.4, 0.5) is 105 Å². The van der Waals surface area contributed by atoms with Crippen LogP contribution in [0.2, 0.25) is 0 Å². The molecule has 0 aliphatic rings. The highest BCUT2D eigenvalue weighted by atomic mass is 19.4. The zero-order valence-electron chi connectivity index (χ0n) is 47.5. The first-order valence-corrected chi connectivity index (χ1v) is 27.8. The standard InChI is InChI=1S/C35H30NO.C32H12BF24/c37-35(27-13-2-1-3-14-27)25-36-30(23-22-26-12-6-11-21-34(26)36)17-7-10-20-33-31-18-8-4-15-28(31)24-29-16-5-9-19-32(29)33;34-25(35,36)13-1-14(26(37,38)39)6-21(5-13)33(22-7-15(27(40,41)42)2-16(8-22)28(43,44)45,23-9-17(29(46,47)48)3-18(10-23)30(49,50)51)24-11-19(31(52,53)54)4-20(12-24)32(55,56)57/h1-6,8-9,11-16,18-19,21-24H,7,10,17,20,25H2;1-12H/q+1;-1. The maximum absolute atomic E-state index is 14.2. The van der Waals surface area contributed by atoms with Gasteiger partial charge in [-0.3, -0.25) is 4.79 Å². The van der Waals surface area contributed by atoms with Crippen LogP contribution in [0.25, 0.3) is 32.4 Å². The third-order valence-electron chi connectivity index (χ3n) is 15.9. The molecule has 492 valence electrons. The SMILES string of the molecule is FC(F)(F)c1cc([B-](c2cc(C(F)(F)F)cc(C(F)(F)F)c2)(c2cc(C(F)(F)F)cc(C(F)(F)F)c2)c2cc(C(F)(F)F)cc(C(F)(F)F)c2)cc(C(F)(F)F)c1.O=C(C[n+]1c(CCCCc2c3ccccc3cc3ccccc23)ccc2ccccc21)c1ccccc1. The first-order chi connectivity index (χ1) is 43.5. The number of para-hydroxylation sites is 1. The number of rotatable bonds is 12. The second-order valence-corrected chi connectivity index (χ2v) is 22.0. The third-order valence-corrected chi connectivity index (χ3v) is 15.9. The van der Waals surface area contributed by atoms with Crippen LogP contribution in [0, 0.1) is 0 Å². The van der Waals surface area contributed by atoms with Crippen molar-refractivity contribution in [3.8, 4) is 0 Å². The summed E-state index contributed by atoms with van der Waals surface area (Å²) in [6, 6.07) is 33.3. The van der Waals surface area contributed by atoms with Crippen molar-refractivity contribution in [2.75, 3.05) is 0 Å². The minimum absolute atomic E-state index is 0.144. The molecule has 0 atom stereocenters. The predicted molar refractivity (Wildman–Crippen MR) is 303 cm³/mol. The van der Waals surface area contributed by atoms with Crippen molar-refractivity contribution in [3.05, 3.63) is 255 Å². The lowest BCUT2D eigenvalue weighted by Crippen LogP contribution is -2.75. The summed E-state index contributed by atoms with van der Waals surface area (Å²) in [7, 11) is 0. The smallest absolute Gasteiger partial charge is 0.287 e. The Kier molecular flexibility index (Phi) is 18.7. The van der Waals surface area contributed by atoms with Gasteiger partial charge in [-0.25, -0.2) is 0 Å². The predicted octanol–water partition coefficient (Wildman–Crippen LogP) is 19.1. The van der Waals surface area contributed by atoms with Gasteiger partial charge in [0.15, 0.2) is 5.69 Å². The van der Waals surface area contributed by atoms with Crippen molar-refractivity contribution in [3.63, 3.8) is 0 Å². The summed E-state index contributed by atoms with van der Waals surface area (Å²) in [5, 5.41) is 6.49. The summed E-state index contributed by atoms with van der Waals surface area (Å²) < 4.78 is 343. The van der Waals surface area contributed by atoms with Crippen LogP contribution >= 0.6 is 0 Å². The molecule has 0 saturated carbocycles. The van der Waals surface area contributed by atoms with E-state index in [1.165, 1.54) is 32.8 Å².